The molecule has 0 unspecified atom stereocenters. The molecule has 2 aromatic carbocycles. The van der Waals surface area contributed by atoms with Crippen molar-refractivity contribution >= 4 is 17.5 Å². The molecule has 0 atom stereocenters. The maximum absolute atomic E-state index is 11.4. The number of carbonyl (C=O) groups excluding carboxylic acids is 2. The number of nitrogens with one attached hydrogen (secondary N) is 1. The quantitative estimate of drug-likeness (QED) is 0.828. The standard InChI is InChI=1S/C16H16N2O3/c1-11(19)13-7-8-15(14(9-13)18-16(17)20)21-10-12-5-3-2-4-6-12/h2-9H,10H2,1H3,(H3,17,18,20). The molecule has 0 aromatic heterocycles. The van der Waals surface area contributed by atoms with Crippen molar-refractivity contribution in [3.63, 3.8) is 0 Å². The van der Waals surface area contributed by atoms with Crippen LogP contribution in [0.5, 0.6) is 5.75 Å². The van der Waals surface area contributed by atoms with Crippen molar-refractivity contribution in [1.82, 2.24) is 0 Å². The highest BCUT2D eigenvalue weighted by atomic mass is 16.5. The Morgan fingerprint density at radius 3 is 2.48 bits per heavy atom. The summed E-state index contributed by atoms with van der Waals surface area (Å²) in [5.41, 5.74) is 6.99. The number of amides is 2. The van der Waals surface area contributed by atoms with Gasteiger partial charge in [0.25, 0.3) is 0 Å². The minimum atomic E-state index is -0.708. The van der Waals surface area contributed by atoms with Gasteiger partial charge in [-0.25, -0.2) is 4.79 Å². The van der Waals surface area contributed by atoms with Crippen molar-refractivity contribution in [3.05, 3.63) is 59.7 Å². The van der Waals surface area contributed by atoms with Gasteiger partial charge in [-0.05, 0) is 30.7 Å². The van der Waals surface area contributed by atoms with Gasteiger partial charge in [0.05, 0.1) is 5.69 Å². The number of primary amides is 1. The zero-order chi connectivity index (χ0) is 15.2. The molecule has 108 valence electrons. The summed E-state index contributed by atoms with van der Waals surface area (Å²) < 4.78 is 5.68. The van der Waals surface area contributed by atoms with Crippen molar-refractivity contribution in [1.29, 1.82) is 0 Å². The van der Waals surface area contributed by atoms with Crippen LogP contribution < -0.4 is 15.8 Å². The summed E-state index contributed by atoms with van der Waals surface area (Å²) in [6.45, 7) is 1.81. The zero-order valence-electron chi connectivity index (χ0n) is 11.6. The number of nitrogens with two attached hydrogens (primary N) is 1. The Balaban J connectivity index is 2.21. The minimum Gasteiger partial charge on any atom is -0.487 e. The number of ether oxygens (including phenoxy) is 1. The maximum atomic E-state index is 11.4. The molecule has 5 heteroatoms. The van der Waals surface area contributed by atoms with Gasteiger partial charge in [-0.2, -0.15) is 0 Å². The van der Waals surface area contributed by atoms with Gasteiger partial charge in [-0.3, -0.25) is 4.79 Å². The van der Waals surface area contributed by atoms with Gasteiger partial charge < -0.3 is 15.8 Å². The summed E-state index contributed by atoms with van der Waals surface area (Å²) in [6.07, 6.45) is 0. The van der Waals surface area contributed by atoms with Crippen LogP contribution in [0.3, 0.4) is 0 Å². The molecule has 0 aliphatic rings. The van der Waals surface area contributed by atoms with Crippen LogP contribution in [-0.2, 0) is 6.61 Å². The van der Waals surface area contributed by atoms with E-state index in [1.54, 1.807) is 18.2 Å². The predicted molar refractivity (Wildman–Crippen MR) is 80.4 cm³/mol. The number of benzene rings is 2. The fourth-order valence-electron chi connectivity index (χ4n) is 1.84. The third kappa shape index (κ3) is 4.07. The summed E-state index contributed by atoms with van der Waals surface area (Å²) >= 11 is 0. The van der Waals surface area contributed by atoms with Crippen LogP contribution in [0.1, 0.15) is 22.8 Å². The molecular formula is C16H16N2O3. The second-order valence-electron chi connectivity index (χ2n) is 4.53. The molecule has 0 radical (unpaired) electrons. The van der Waals surface area contributed by atoms with E-state index in [4.69, 9.17) is 10.5 Å². The Morgan fingerprint density at radius 1 is 1.14 bits per heavy atom. The molecular weight excluding hydrogens is 268 g/mol. The van der Waals surface area contributed by atoms with Crippen LogP contribution in [-0.4, -0.2) is 11.8 Å². The molecule has 5 nitrogen and oxygen atoms in total. The molecule has 0 aliphatic heterocycles. The summed E-state index contributed by atoms with van der Waals surface area (Å²) in [5.74, 6) is 0.361. The van der Waals surface area contributed by atoms with Gasteiger partial charge >= 0.3 is 6.03 Å². The molecule has 2 amide bonds. The topological polar surface area (TPSA) is 81.4 Å². The van der Waals surface area contributed by atoms with Gasteiger partial charge in [0.15, 0.2) is 5.78 Å². The maximum Gasteiger partial charge on any atom is 0.316 e. The second kappa shape index (κ2) is 6.56. The van der Waals surface area contributed by atoms with Crippen molar-refractivity contribution < 1.29 is 14.3 Å². The van der Waals surface area contributed by atoms with Crippen LogP contribution in [0.25, 0.3) is 0 Å². The average Bonchev–Trinajstić information content (AvgIpc) is 2.46. The smallest absolute Gasteiger partial charge is 0.316 e. The largest absolute Gasteiger partial charge is 0.487 e. The molecule has 0 heterocycles. The van der Waals surface area contributed by atoms with E-state index in [1.807, 2.05) is 30.3 Å². The van der Waals surface area contributed by atoms with Crippen LogP contribution in [0.2, 0.25) is 0 Å². The van der Waals surface area contributed by atoms with Crippen LogP contribution >= 0.6 is 0 Å². The average molecular weight is 284 g/mol. The highest BCUT2D eigenvalue weighted by Gasteiger charge is 2.09. The highest BCUT2D eigenvalue weighted by Crippen LogP contribution is 2.27. The molecule has 3 N–H and O–H groups in total. The number of ketones is 1. The number of urea groups is 1. The second-order valence-corrected chi connectivity index (χ2v) is 4.53. The highest BCUT2D eigenvalue weighted by molar-refractivity contribution is 5.97. The molecule has 2 rings (SSSR count). The number of Topliss-reactive ketones (excluding diaryl/α,β-unsaturated/α-hetero) is 1. The van der Waals surface area contributed by atoms with E-state index in [-0.39, 0.29) is 5.78 Å². The van der Waals surface area contributed by atoms with Gasteiger partial charge in [0.1, 0.15) is 12.4 Å². The number of carbonyl (C=O) groups is 2. The number of hydrogen-bond donors (Lipinski definition) is 2. The molecule has 0 bridgehead atoms. The first-order valence-electron chi connectivity index (χ1n) is 6.44. The Bertz CT molecular complexity index is 654. The lowest BCUT2D eigenvalue weighted by Gasteiger charge is -2.12. The SMILES string of the molecule is CC(=O)c1ccc(OCc2ccccc2)c(NC(N)=O)c1. The lowest BCUT2D eigenvalue weighted by Crippen LogP contribution is -2.20. The lowest BCUT2D eigenvalue weighted by molar-refractivity contribution is 0.101. The summed E-state index contributed by atoms with van der Waals surface area (Å²) in [6, 6.07) is 13.8. The van der Waals surface area contributed by atoms with Crippen LogP contribution in [0.15, 0.2) is 48.5 Å². The Kier molecular flexibility index (Phi) is 4.56. The first-order chi connectivity index (χ1) is 10.1. The predicted octanol–water partition coefficient (Wildman–Crippen LogP) is 2.96. The number of anilines is 1. The molecule has 0 fully saturated rings. The van der Waals surface area contributed by atoms with E-state index >= 15 is 0 Å². The normalized spacial score (nSPS) is 9.95. The zero-order valence-corrected chi connectivity index (χ0v) is 11.6. The third-order valence-corrected chi connectivity index (χ3v) is 2.88. The Hall–Kier alpha value is -2.82. The minimum absolute atomic E-state index is 0.0999. The number of rotatable bonds is 5. The summed E-state index contributed by atoms with van der Waals surface area (Å²) in [5, 5.41) is 2.47. The first-order valence-corrected chi connectivity index (χ1v) is 6.44. The van der Waals surface area contributed by atoms with Gasteiger partial charge in [0, 0.05) is 5.56 Å². The molecule has 2 aromatic rings. The molecule has 21 heavy (non-hydrogen) atoms. The van der Waals surface area contributed by atoms with Crippen molar-refractivity contribution in [2.45, 2.75) is 13.5 Å². The molecule has 0 aliphatic carbocycles. The van der Waals surface area contributed by atoms with Crippen LogP contribution in [0, 0.1) is 0 Å². The van der Waals surface area contributed by atoms with Crippen molar-refractivity contribution in [2.24, 2.45) is 5.73 Å². The lowest BCUT2D eigenvalue weighted by atomic mass is 10.1. The van der Waals surface area contributed by atoms with E-state index in [2.05, 4.69) is 5.32 Å². The van der Waals surface area contributed by atoms with Gasteiger partial charge in [0.2, 0.25) is 0 Å². The van der Waals surface area contributed by atoms with E-state index < -0.39 is 6.03 Å². The van der Waals surface area contributed by atoms with E-state index in [0.29, 0.717) is 23.6 Å². The summed E-state index contributed by atoms with van der Waals surface area (Å²) in [7, 11) is 0. The van der Waals surface area contributed by atoms with Gasteiger partial charge in [-0.15, -0.1) is 0 Å². The van der Waals surface area contributed by atoms with Crippen LogP contribution in [0.4, 0.5) is 10.5 Å². The third-order valence-electron chi connectivity index (χ3n) is 2.88. The monoisotopic (exact) mass is 284 g/mol. The molecule has 0 saturated carbocycles. The van der Waals surface area contributed by atoms with E-state index in [0.717, 1.165) is 5.56 Å². The number of hydrogen-bond acceptors (Lipinski definition) is 3. The molecule has 0 spiro atoms. The van der Waals surface area contributed by atoms with Gasteiger partial charge in [-0.1, -0.05) is 30.3 Å². The van der Waals surface area contributed by atoms with E-state index in [9.17, 15) is 9.59 Å². The van der Waals surface area contributed by atoms with Crippen molar-refractivity contribution in [2.75, 3.05) is 5.32 Å². The molecule has 0 saturated heterocycles. The summed E-state index contributed by atoms with van der Waals surface area (Å²) in [4.78, 5) is 22.4. The van der Waals surface area contributed by atoms with E-state index in [1.165, 1.54) is 6.92 Å². The van der Waals surface area contributed by atoms with Crippen molar-refractivity contribution in [3.8, 4) is 5.75 Å². The Labute approximate surface area is 122 Å². The fourth-order valence-corrected chi connectivity index (χ4v) is 1.84. The fraction of sp³-hybridized carbons (Fsp3) is 0.125. The Morgan fingerprint density at radius 2 is 1.86 bits per heavy atom. The first kappa shape index (κ1) is 14.6.